The van der Waals surface area contributed by atoms with Gasteiger partial charge in [-0.25, -0.2) is 14.8 Å². The quantitative estimate of drug-likeness (QED) is 0.371. The Balaban J connectivity index is 1.48. The van der Waals surface area contributed by atoms with E-state index in [0.717, 1.165) is 29.3 Å². The van der Waals surface area contributed by atoms with Gasteiger partial charge in [0.05, 0.1) is 28.9 Å². The number of nitrogens with zero attached hydrogens (tertiary/aromatic N) is 5. The number of hydrogen-bond acceptors (Lipinski definition) is 5. The number of carbonyl (C=O) groups is 2. The molecular weight excluding hydrogens is 458 g/mol. The minimum Gasteiger partial charge on any atom is -0.465 e. The van der Waals surface area contributed by atoms with E-state index in [4.69, 9.17) is 4.98 Å². The van der Waals surface area contributed by atoms with Gasteiger partial charge in [0, 0.05) is 25.2 Å². The zero-order chi connectivity index (χ0) is 25.6. The molecule has 0 spiro atoms. The van der Waals surface area contributed by atoms with Crippen LogP contribution in [-0.2, 0) is 7.05 Å². The van der Waals surface area contributed by atoms with Gasteiger partial charge in [-0.2, -0.15) is 5.10 Å². The van der Waals surface area contributed by atoms with E-state index in [1.165, 1.54) is 4.90 Å². The summed E-state index contributed by atoms with van der Waals surface area (Å²) in [4.78, 5) is 39.1. The van der Waals surface area contributed by atoms with Gasteiger partial charge in [-0.3, -0.25) is 9.48 Å². The molecule has 0 radical (unpaired) electrons. The molecule has 5 rings (SSSR count). The third-order valence-corrected chi connectivity index (χ3v) is 7.33. The van der Waals surface area contributed by atoms with Crippen molar-refractivity contribution in [3.05, 3.63) is 41.7 Å². The predicted molar refractivity (Wildman–Crippen MR) is 137 cm³/mol. The summed E-state index contributed by atoms with van der Waals surface area (Å²) in [6.45, 7) is 6.44. The highest BCUT2D eigenvalue weighted by Crippen LogP contribution is 2.33. The Morgan fingerprint density at radius 1 is 1.33 bits per heavy atom. The minimum absolute atomic E-state index is 0.283. The molecule has 0 aliphatic carbocycles. The number of aromatic nitrogens is 5. The average Bonchev–Trinajstić information content (AvgIpc) is 3.51. The molecule has 1 aliphatic heterocycles. The molecule has 2 unspecified atom stereocenters. The topological polar surface area (TPSA) is 129 Å². The lowest BCUT2D eigenvalue weighted by molar-refractivity contribution is 0.0856. The van der Waals surface area contributed by atoms with Crippen molar-refractivity contribution in [2.45, 2.75) is 58.0 Å². The van der Waals surface area contributed by atoms with Crippen LogP contribution in [0.5, 0.6) is 0 Å². The summed E-state index contributed by atoms with van der Waals surface area (Å²) < 4.78 is 1.82. The number of carbonyl (C=O) groups excluding carboxylic acids is 1. The van der Waals surface area contributed by atoms with Crippen molar-refractivity contribution in [2.75, 3.05) is 6.54 Å². The van der Waals surface area contributed by atoms with E-state index in [2.05, 4.69) is 33.4 Å². The lowest BCUT2D eigenvalue weighted by atomic mass is 9.88. The van der Waals surface area contributed by atoms with Gasteiger partial charge in [0.1, 0.15) is 16.9 Å². The van der Waals surface area contributed by atoms with Crippen LogP contribution in [0.4, 0.5) is 4.79 Å². The first-order chi connectivity index (χ1) is 17.2. The number of hydrogen-bond donors (Lipinski definition) is 3. The molecule has 0 bridgehead atoms. The molecule has 1 saturated heterocycles. The van der Waals surface area contributed by atoms with E-state index in [-0.39, 0.29) is 11.9 Å². The molecule has 1 fully saturated rings. The van der Waals surface area contributed by atoms with Gasteiger partial charge >= 0.3 is 6.09 Å². The van der Waals surface area contributed by atoms with Crippen LogP contribution >= 0.6 is 0 Å². The molecule has 1 aromatic carbocycles. The fourth-order valence-corrected chi connectivity index (χ4v) is 5.33. The number of amides is 2. The smallest absolute Gasteiger partial charge is 0.407 e. The maximum Gasteiger partial charge on any atom is 0.407 e. The molecule has 3 N–H and O–H groups in total. The number of aromatic amines is 1. The molecule has 2 amide bonds. The molecular formula is C26H31N7O3. The zero-order valence-electron chi connectivity index (χ0n) is 21.0. The van der Waals surface area contributed by atoms with E-state index >= 15 is 0 Å². The number of fused-ring (bicyclic) bond motifs is 2. The van der Waals surface area contributed by atoms with Crippen LogP contribution < -0.4 is 5.32 Å². The molecule has 2 atom stereocenters. The van der Waals surface area contributed by atoms with Gasteiger partial charge in [-0.15, -0.1) is 0 Å². The van der Waals surface area contributed by atoms with Crippen LogP contribution in [0, 0.1) is 6.92 Å². The van der Waals surface area contributed by atoms with Crippen LogP contribution in [-0.4, -0.2) is 64.9 Å². The number of likely N-dealkylation sites (tertiary alicyclic amines) is 1. The van der Waals surface area contributed by atoms with Crippen molar-refractivity contribution in [3.8, 4) is 11.4 Å². The summed E-state index contributed by atoms with van der Waals surface area (Å²) >= 11 is 0. The van der Waals surface area contributed by atoms with Crippen molar-refractivity contribution in [1.29, 1.82) is 0 Å². The summed E-state index contributed by atoms with van der Waals surface area (Å²) in [5, 5.41) is 18.5. The zero-order valence-corrected chi connectivity index (χ0v) is 21.0. The van der Waals surface area contributed by atoms with Crippen molar-refractivity contribution in [3.63, 3.8) is 0 Å². The second kappa shape index (κ2) is 8.92. The summed E-state index contributed by atoms with van der Waals surface area (Å²) in [6, 6.07) is 5.85. The largest absolute Gasteiger partial charge is 0.465 e. The van der Waals surface area contributed by atoms with Crippen LogP contribution in [0.25, 0.3) is 33.5 Å². The maximum atomic E-state index is 13.5. The Kier molecular flexibility index (Phi) is 5.89. The highest BCUT2D eigenvalue weighted by Gasteiger charge is 2.46. The van der Waals surface area contributed by atoms with Crippen molar-refractivity contribution < 1.29 is 14.7 Å². The molecule has 4 heterocycles. The summed E-state index contributed by atoms with van der Waals surface area (Å²) in [5.41, 5.74) is 4.08. The first kappa shape index (κ1) is 23.8. The van der Waals surface area contributed by atoms with Gasteiger partial charge in [0.2, 0.25) is 0 Å². The number of H-pyrrole nitrogens is 1. The van der Waals surface area contributed by atoms with E-state index < -0.39 is 11.6 Å². The van der Waals surface area contributed by atoms with E-state index in [9.17, 15) is 14.7 Å². The Labute approximate surface area is 208 Å². The molecule has 10 nitrogen and oxygen atoms in total. The van der Waals surface area contributed by atoms with E-state index in [0.29, 0.717) is 47.5 Å². The number of unbranched alkanes of at least 4 members (excludes halogenated alkanes) is 1. The normalized spacial score (nSPS) is 19.9. The van der Waals surface area contributed by atoms with Gasteiger partial charge in [0.15, 0.2) is 5.65 Å². The molecule has 36 heavy (non-hydrogen) atoms. The third-order valence-electron chi connectivity index (χ3n) is 7.33. The van der Waals surface area contributed by atoms with E-state index in [1.807, 2.05) is 37.7 Å². The first-order valence-electron chi connectivity index (χ1n) is 12.3. The first-order valence-corrected chi connectivity index (χ1v) is 12.3. The van der Waals surface area contributed by atoms with Gasteiger partial charge in [-0.05, 0) is 38.3 Å². The number of benzene rings is 1. The van der Waals surface area contributed by atoms with Crippen LogP contribution in [0.15, 0.2) is 30.6 Å². The highest BCUT2D eigenvalue weighted by molar-refractivity contribution is 6.05. The Hall–Kier alpha value is -3.95. The lowest BCUT2D eigenvalue weighted by Gasteiger charge is -2.35. The Morgan fingerprint density at radius 3 is 2.89 bits per heavy atom. The molecule has 188 valence electrons. The number of rotatable bonds is 6. The van der Waals surface area contributed by atoms with Crippen LogP contribution in [0.2, 0.25) is 0 Å². The predicted octanol–water partition coefficient (Wildman–Crippen LogP) is 4.25. The second-order valence-electron chi connectivity index (χ2n) is 9.90. The number of aryl methyl sites for hydroxylation is 2. The monoisotopic (exact) mass is 489 g/mol. The Bertz CT molecular complexity index is 1470. The SMILES string of the molecule is CCCCC1N(C(=O)O)CCC1(C)NC(=O)c1c[nH]c2ncc(-c3nn(C)c4cc(C)ccc34)nc12. The highest BCUT2D eigenvalue weighted by atomic mass is 16.4. The molecule has 4 aromatic rings. The maximum absolute atomic E-state index is 13.5. The van der Waals surface area contributed by atoms with Crippen LogP contribution in [0.3, 0.4) is 0 Å². The number of carboxylic acid groups (broad SMARTS) is 1. The van der Waals surface area contributed by atoms with Gasteiger partial charge < -0.3 is 20.3 Å². The summed E-state index contributed by atoms with van der Waals surface area (Å²) in [7, 11) is 1.89. The van der Waals surface area contributed by atoms with Gasteiger partial charge in [0.25, 0.3) is 5.91 Å². The van der Waals surface area contributed by atoms with Crippen LogP contribution in [0.1, 0.15) is 55.5 Å². The molecule has 3 aromatic heterocycles. The molecule has 0 saturated carbocycles. The second-order valence-corrected chi connectivity index (χ2v) is 9.90. The van der Waals surface area contributed by atoms with Crippen molar-refractivity contribution in [1.82, 2.24) is 34.9 Å². The average molecular weight is 490 g/mol. The van der Waals surface area contributed by atoms with Crippen molar-refractivity contribution in [2.24, 2.45) is 7.05 Å². The molecule has 10 heteroatoms. The summed E-state index contributed by atoms with van der Waals surface area (Å²) in [5.74, 6) is -0.301. The minimum atomic E-state index is -0.950. The summed E-state index contributed by atoms with van der Waals surface area (Å²) in [6.07, 6.45) is 5.41. The fraction of sp³-hybridized carbons (Fsp3) is 0.423. The Morgan fingerprint density at radius 2 is 2.14 bits per heavy atom. The standard InChI is InChI=1S/C26H31N7O3/c1-5-6-7-20-26(3,10-11-33(20)25(35)36)30-24(34)17-13-27-23-22(17)29-18(14-28-23)21-16-9-8-15(2)12-19(16)32(4)31-21/h8-9,12-14,20H,5-7,10-11H2,1-4H3,(H,27,28)(H,30,34)(H,35,36). The number of nitrogens with one attached hydrogen (secondary N) is 2. The van der Waals surface area contributed by atoms with Crippen molar-refractivity contribution >= 4 is 34.1 Å². The molecule has 1 aliphatic rings. The van der Waals surface area contributed by atoms with E-state index in [1.54, 1.807) is 12.4 Å². The lowest BCUT2D eigenvalue weighted by Crippen LogP contribution is -2.55. The third kappa shape index (κ3) is 3.96. The fourth-order valence-electron chi connectivity index (χ4n) is 5.33. The van der Waals surface area contributed by atoms with Gasteiger partial charge in [-0.1, -0.05) is 31.9 Å².